The molecule has 0 saturated carbocycles. The Morgan fingerprint density at radius 1 is 1.53 bits per heavy atom. The summed E-state index contributed by atoms with van der Waals surface area (Å²) in [5.41, 5.74) is 0. The highest BCUT2D eigenvalue weighted by atomic mass is 16.5. The molecule has 0 aromatic carbocycles. The van der Waals surface area contributed by atoms with E-state index in [4.69, 9.17) is 4.74 Å². The van der Waals surface area contributed by atoms with Gasteiger partial charge in [-0.3, -0.25) is 4.79 Å². The molecule has 2 aliphatic heterocycles. The van der Waals surface area contributed by atoms with Gasteiger partial charge in [0.25, 0.3) is 0 Å². The lowest BCUT2D eigenvalue weighted by Crippen LogP contribution is -2.56. The topological polar surface area (TPSA) is 41.6 Å². The fourth-order valence-corrected chi connectivity index (χ4v) is 2.36. The molecular formula is C11H20N2O2. The maximum atomic E-state index is 12.0. The minimum Gasteiger partial charge on any atom is -0.384 e. The molecule has 0 spiro atoms. The van der Waals surface area contributed by atoms with Crippen molar-refractivity contribution in [2.45, 2.75) is 25.3 Å². The van der Waals surface area contributed by atoms with Gasteiger partial charge in [0.1, 0.15) is 0 Å². The largest absolute Gasteiger partial charge is 0.384 e. The number of nitrogens with one attached hydrogen (secondary N) is 1. The van der Waals surface area contributed by atoms with Crippen LogP contribution in [0.2, 0.25) is 0 Å². The number of carbonyl (C=O) groups is 1. The first kappa shape index (κ1) is 10.9. The Labute approximate surface area is 91.0 Å². The zero-order valence-corrected chi connectivity index (χ0v) is 9.37. The van der Waals surface area contributed by atoms with Crippen LogP contribution in [0.25, 0.3) is 0 Å². The number of likely N-dealkylation sites (tertiary alicyclic amines) is 1. The molecule has 0 aromatic rings. The monoisotopic (exact) mass is 212 g/mol. The fraction of sp³-hybridized carbons (Fsp3) is 0.909. The molecule has 0 radical (unpaired) electrons. The number of hydrogen-bond acceptors (Lipinski definition) is 3. The molecule has 2 atom stereocenters. The lowest BCUT2D eigenvalue weighted by molar-refractivity contribution is -0.137. The van der Waals surface area contributed by atoms with E-state index in [1.807, 2.05) is 4.90 Å². The number of amides is 1. The van der Waals surface area contributed by atoms with Gasteiger partial charge in [0.15, 0.2) is 0 Å². The average Bonchev–Trinajstić information content (AvgIpc) is 2.16. The van der Waals surface area contributed by atoms with Crippen LogP contribution in [0.5, 0.6) is 0 Å². The van der Waals surface area contributed by atoms with Crippen LogP contribution >= 0.6 is 0 Å². The maximum absolute atomic E-state index is 12.0. The minimum atomic E-state index is 0.103. The highest BCUT2D eigenvalue weighted by molar-refractivity contribution is 5.82. The van der Waals surface area contributed by atoms with Crippen molar-refractivity contribution in [3.63, 3.8) is 0 Å². The third kappa shape index (κ3) is 2.49. The van der Waals surface area contributed by atoms with Crippen LogP contribution in [0.4, 0.5) is 0 Å². The summed E-state index contributed by atoms with van der Waals surface area (Å²) in [6, 6.07) is 0.103. The van der Waals surface area contributed by atoms with Crippen molar-refractivity contribution >= 4 is 5.91 Å². The normalized spacial score (nSPS) is 31.1. The molecule has 0 bridgehead atoms. The summed E-state index contributed by atoms with van der Waals surface area (Å²) in [4.78, 5) is 14.0. The summed E-state index contributed by atoms with van der Waals surface area (Å²) in [6.07, 6.45) is 3.31. The van der Waals surface area contributed by atoms with Gasteiger partial charge in [-0.25, -0.2) is 0 Å². The lowest BCUT2D eigenvalue weighted by atomic mass is 9.97. The van der Waals surface area contributed by atoms with Crippen molar-refractivity contribution in [1.82, 2.24) is 10.2 Å². The molecule has 1 amide bonds. The maximum Gasteiger partial charge on any atom is 0.239 e. The Morgan fingerprint density at radius 2 is 2.33 bits per heavy atom. The number of nitrogens with zero attached hydrogens (tertiary/aromatic N) is 1. The third-order valence-electron chi connectivity index (χ3n) is 3.35. The molecule has 2 saturated heterocycles. The van der Waals surface area contributed by atoms with E-state index in [1.54, 1.807) is 7.11 Å². The summed E-state index contributed by atoms with van der Waals surface area (Å²) in [7, 11) is 1.73. The number of ether oxygens (including phenoxy) is 1. The van der Waals surface area contributed by atoms with Crippen LogP contribution in [0, 0.1) is 5.92 Å². The van der Waals surface area contributed by atoms with Gasteiger partial charge < -0.3 is 15.0 Å². The minimum absolute atomic E-state index is 0.103. The predicted molar refractivity (Wildman–Crippen MR) is 57.6 cm³/mol. The molecule has 4 heteroatoms. The predicted octanol–water partition coefficient (Wildman–Crippen LogP) is 0.233. The first-order chi connectivity index (χ1) is 7.31. The number of carbonyl (C=O) groups excluding carboxylic acids is 1. The summed E-state index contributed by atoms with van der Waals surface area (Å²) < 4.78 is 5.16. The summed E-state index contributed by atoms with van der Waals surface area (Å²) in [6.45, 7) is 3.58. The van der Waals surface area contributed by atoms with Gasteiger partial charge in [0.05, 0.1) is 12.6 Å². The SMILES string of the molecule is COCC1CCCN(C(=O)[C@H]2CCN2)C1. The molecule has 86 valence electrons. The van der Waals surface area contributed by atoms with Crippen molar-refractivity contribution in [3.05, 3.63) is 0 Å². The van der Waals surface area contributed by atoms with E-state index in [9.17, 15) is 4.79 Å². The van der Waals surface area contributed by atoms with Crippen molar-refractivity contribution in [2.75, 3.05) is 33.4 Å². The number of piperidine rings is 1. The van der Waals surface area contributed by atoms with E-state index in [0.29, 0.717) is 11.8 Å². The van der Waals surface area contributed by atoms with E-state index in [1.165, 1.54) is 6.42 Å². The molecular weight excluding hydrogens is 192 g/mol. The fourth-order valence-electron chi connectivity index (χ4n) is 2.36. The Hall–Kier alpha value is -0.610. The van der Waals surface area contributed by atoms with Gasteiger partial charge in [-0.2, -0.15) is 0 Å². The summed E-state index contributed by atoms with van der Waals surface area (Å²) in [5, 5.41) is 3.17. The van der Waals surface area contributed by atoms with Gasteiger partial charge in [0, 0.05) is 20.2 Å². The van der Waals surface area contributed by atoms with E-state index >= 15 is 0 Å². The van der Waals surface area contributed by atoms with E-state index < -0.39 is 0 Å². The first-order valence-corrected chi connectivity index (χ1v) is 5.82. The van der Waals surface area contributed by atoms with Crippen molar-refractivity contribution in [1.29, 1.82) is 0 Å². The van der Waals surface area contributed by atoms with Crippen LogP contribution in [0.1, 0.15) is 19.3 Å². The van der Waals surface area contributed by atoms with Crippen molar-refractivity contribution < 1.29 is 9.53 Å². The molecule has 15 heavy (non-hydrogen) atoms. The Balaban J connectivity index is 1.83. The number of rotatable bonds is 3. The zero-order chi connectivity index (χ0) is 10.7. The number of methoxy groups -OCH3 is 1. The van der Waals surface area contributed by atoms with Gasteiger partial charge in [-0.05, 0) is 31.7 Å². The van der Waals surface area contributed by atoms with Crippen LogP contribution in [-0.2, 0) is 9.53 Å². The molecule has 2 aliphatic rings. The second kappa shape index (κ2) is 4.94. The van der Waals surface area contributed by atoms with Gasteiger partial charge >= 0.3 is 0 Å². The Bertz CT molecular complexity index is 227. The molecule has 0 aromatic heterocycles. The van der Waals surface area contributed by atoms with Gasteiger partial charge in [-0.15, -0.1) is 0 Å². The molecule has 2 fully saturated rings. The lowest BCUT2D eigenvalue weighted by Gasteiger charge is -2.37. The summed E-state index contributed by atoms with van der Waals surface area (Å²) >= 11 is 0. The van der Waals surface area contributed by atoms with Crippen LogP contribution in [0.15, 0.2) is 0 Å². The van der Waals surface area contributed by atoms with Gasteiger partial charge in [0.2, 0.25) is 5.91 Å². The smallest absolute Gasteiger partial charge is 0.239 e. The highest BCUT2D eigenvalue weighted by Gasteiger charge is 2.31. The molecule has 1 unspecified atom stereocenters. The first-order valence-electron chi connectivity index (χ1n) is 5.82. The second-order valence-corrected chi connectivity index (χ2v) is 4.54. The molecule has 0 aliphatic carbocycles. The molecule has 2 rings (SSSR count). The summed E-state index contributed by atoms with van der Waals surface area (Å²) in [5.74, 6) is 0.829. The zero-order valence-electron chi connectivity index (χ0n) is 9.37. The van der Waals surface area contributed by atoms with Crippen LogP contribution < -0.4 is 5.32 Å². The highest BCUT2D eigenvalue weighted by Crippen LogP contribution is 2.18. The molecule has 1 N–H and O–H groups in total. The second-order valence-electron chi connectivity index (χ2n) is 4.54. The van der Waals surface area contributed by atoms with E-state index in [2.05, 4.69) is 5.32 Å². The van der Waals surface area contributed by atoms with Crippen molar-refractivity contribution in [3.8, 4) is 0 Å². The standard InChI is InChI=1S/C11H20N2O2/c1-15-8-9-3-2-6-13(7-9)11(14)10-4-5-12-10/h9-10,12H,2-8H2,1H3/t9?,10-/m1/s1. The van der Waals surface area contributed by atoms with E-state index in [0.717, 1.165) is 39.1 Å². The van der Waals surface area contributed by atoms with E-state index in [-0.39, 0.29) is 6.04 Å². The van der Waals surface area contributed by atoms with Crippen molar-refractivity contribution in [2.24, 2.45) is 5.92 Å². The quantitative estimate of drug-likeness (QED) is 0.728. The number of hydrogen-bond donors (Lipinski definition) is 1. The van der Waals surface area contributed by atoms with Crippen LogP contribution in [0.3, 0.4) is 0 Å². The van der Waals surface area contributed by atoms with Crippen LogP contribution in [-0.4, -0.2) is 50.2 Å². The average molecular weight is 212 g/mol. The Morgan fingerprint density at radius 3 is 2.93 bits per heavy atom. The molecule has 2 heterocycles. The third-order valence-corrected chi connectivity index (χ3v) is 3.35. The Kier molecular flexibility index (Phi) is 3.59. The van der Waals surface area contributed by atoms with Gasteiger partial charge in [-0.1, -0.05) is 0 Å². The molecule has 4 nitrogen and oxygen atoms in total.